The number of aromatic nitrogens is 2. The van der Waals surface area contributed by atoms with Crippen LogP contribution in [0, 0.1) is 11.3 Å². The summed E-state index contributed by atoms with van der Waals surface area (Å²) in [6, 6.07) is 23.1. The molecule has 0 amide bonds. The largest absolute Gasteiger partial charge is 0.354 e. The number of hydrogen-bond donors (Lipinski definition) is 2. The number of pyridine rings is 1. The zero-order valence-corrected chi connectivity index (χ0v) is 20.4. The minimum absolute atomic E-state index is 0.0152. The molecule has 2 aromatic heterocycles. The second-order valence-corrected chi connectivity index (χ2v) is 9.28. The molecule has 3 heterocycles. The van der Waals surface area contributed by atoms with E-state index in [0.29, 0.717) is 17.7 Å². The molecule has 7 heteroatoms. The summed E-state index contributed by atoms with van der Waals surface area (Å²) < 4.78 is 0. The van der Waals surface area contributed by atoms with Crippen molar-refractivity contribution in [3.05, 3.63) is 95.2 Å². The van der Waals surface area contributed by atoms with Gasteiger partial charge in [-0.25, -0.2) is 4.98 Å². The number of hydrogen-bond acceptors (Lipinski definition) is 6. The van der Waals surface area contributed by atoms with Crippen molar-refractivity contribution < 1.29 is 4.79 Å². The lowest BCUT2D eigenvalue weighted by Gasteiger charge is -2.33. The Balaban J connectivity index is 1.35. The lowest BCUT2D eigenvalue weighted by molar-refractivity contribution is 0.0945. The topological polar surface area (TPSA) is 88.0 Å². The van der Waals surface area contributed by atoms with Crippen LogP contribution in [-0.2, 0) is 6.42 Å². The SMILES string of the molecule is CN1CCN(c2ccc3c(C(=O)C(NCCc4ccc(C#N)cc4)c4ccccc4)c[nH]c3n2)CC1. The van der Waals surface area contributed by atoms with E-state index >= 15 is 0 Å². The highest BCUT2D eigenvalue weighted by molar-refractivity contribution is 6.10. The maximum atomic E-state index is 13.8. The van der Waals surface area contributed by atoms with Crippen LogP contribution in [0.15, 0.2) is 72.9 Å². The van der Waals surface area contributed by atoms with Crippen molar-refractivity contribution in [3.63, 3.8) is 0 Å². The fraction of sp³-hybridized carbons (Fsp3) is 0.276. The van der Waals surface area contributed by atoms with E-state index in [1.807, 2.05) is 66.7 Å². The zero-order valence-electron chi connectivity index (χ0n) is 20.4. The lowest BCUT2D eigenvalue weighted by Crippen LogP contribution is -2.44. The monoisotopic (exact) mass is 478 g/mol. The Morgan fingerprint density at radius 3 is 2.53 bits per heavy atom. The number of likely N-dealkylation sites (N-methyl/N-ethyl adjacent to an activating group) is 1. The van der Waals surface area contributed by atoms with Crippen LogP contribution in [0.5, 0.6) is 0 Å². The quantitative estimate of drug-likeness (QED) is 0.373. The van der Waals surface area contributed by atoms with Crippen molar-refractivity contribution >= 4 is 22.6 Å². The van der Waals surface area contributed by atoms with Crippen molar-refractivity contribution in [3.8, 4) is 6.07 Å². The van der Waals surface area contributed by atoms with Crippen molar-refractivity contribution in [1.29, 1.82) is 5.26 Å². The Morgan fingerprint density at radius 1 is 1.06 bits per heavy atom. The van der Waals surface area contributed by atoms with E-state index in [4.69, 9.17) is 10.2 Å². The number of fused-ring (bicyclic) bond motifs is 1. The Bertz CT molecular complexity index is 1360. The molecule has 1 aliphatic rings. The molecular formula is C29H30N6O. The fourth-order valence-corrected chi connectivity index (χ4v) is 4.68. The molecular weight excluding hydrogens is 448 g/mol. The third-order valence-corrected chi connectivity index (χ3v) is 6.86. The Hall–Kier alpha value is -3.99. The fourth-order valence-electron chi connectivity index (χ4n) is 4.68. The van der Waals surface area contributed by atoms with Crippen LogP contribution in [-0.4, -0.2) is 60.4 Å². The van der Waals surface area contributed by atoms with Gasteiger partial charge in [-0.1, -0.05) is 42.5 Å². The van der Waals surface area contributed by atoms with E-state index in [1.54, 1.807) is 6.20 Å². The highest BCUT2D eigenvalue weighted by Gasteiger charge is 2.25. The number of nitrogens with one attached hydrogen (secondary N) is 2. The zero-order chi connectivity index (χ0) is 24.9. The number of carbonyl (C=O) groups excluding carboxylic acids is 1. The molecule has 0 spiro atoms. The molecule has 0 saturated carbocycles. The standard InChI is InChI=1S/C29H30N6O/c1-34-15-17-35(18-16-34)26-12-11-24-25(20-32-29(24)33-26)28(36)27(23-5-3-2-4-6-23)31-14-13-21-7-9-22(19-30)10-8-21/h2-12,20,27,31H,13-18H2,1H3,(H,32,33). The van der Waals surface area contributed by atoms with Gasteiger partial charge >= 0.3 is 0 Å². The van der Waals surface area contributed by atoms with E-state index < -0.39 is 6.04 Å². The van der Waals surface area contributed by atoms with Gasteiger partial charge in [0.1, 0.15) is 11.5 Å². The van der Waals surface area contributed by atoms with Gasteiger partial charge in [0, 0.05) is 49.9 Å². The first kappa shape index (κ1) is 23.7. The summed E-state index contributed by atoms with van der Waals surface area (Å²) in [6.45, 7) is 4.55. The number of piperazine rings is 1. The van der Waals surface area contributed by atoms with E-state index in [-0.39, 0.29) is 5.78 Å². The number of aromatic amines is 1. The summed E-state index contributed by atoms with van der Waals surface area (Å²) in [5, 5.41) is 13.3. The first-order valence-corrected chi connectivity index (χ1v) is 12.4. The van der Waals surface area contributed by atoms with E-state index in [0.717, 1.165) is 60.6 Å². The average Bonchev–Trinajstić information content (AvgIpc) is 3.35. The number of carbonyl (C=O) groups is 1. The summed E-state index contributed by atoms with van der Waals surface area (Å²) >= 11 is 0. The first-order valence-electron chi connectivity index (χ1n) is 12.4. The van der Waals surface area contributed by atoms with E-state index in [2.05, 4.69) is 33.2 Å². The number of nitriles is 1. The molecule has 4 aromatic rings. The Labute approximate surface area is 211 Å². The van der Waals surface area contributed by atoms with Gasteiger partial charge in [0.15, 0.2) is 5.78 Å². The van der Waals surface area contributed by atoms with Crippen molar-refractivity contribution in [2.75, 3.05) is 44.7 Å². The number of ketones is 1. The molecule has 36 heavy (non-hydrogen) atoms. The van der Waals surface area contributed by atoms with Gasteiger partial charge in [0.25, 0.3) is 0 Å². The predicted octanol–water partition coefficient (Wildman–Crippen LogP) is 3.94. The molecule has 0 bridgehead atoms. The van der Waals surface area contributed by atoms with Crippen LogP contribution < -0.4 is 10.2 Å². The lowest BCUT2D eigenvalue weighted by atomic mass is 9.97. The van der Waals surface area contributed by atoms with E-state index in [1.165, 1.54) is 0 Å². The van der Waals surface area contributed by atoms with E-state index in [9.17, 15) is 4.79 Å². The van der Waals surface area contributed by atoms with Crippen LogP contribution in [0.1, 0.15) is 33.1 Å². The number of H-pyrrole nitrogens is 1. The summed E-state index contributed by atoms with van der Waals surface area (Å²) in [5.41, 5.74) is 4.07. The number of benzene rings is 2. The molecule has 0 radical (unpaired) electrons. The predicted molar refractivity (Wildman–Crippen MR) is 142 cm³/mol. The Morgan fingerprint density at radius 2 is 1.81 bits per heavy atom. The third-order valence-electron chi connectivity index (χ3n) is 6.86. The van der Waals surface area contributed by atoms with Gasteiger partial charge in [0.05, 0.1) is 17.7 Å². The molecule has 2 N–H and O–H groups in total. The second kappa shape index (κ2) is 10.7. The van der Waals surface area contributed by atoms with Gasteiger partial charge in [-0.2, -0.15) is 5.26 Å². The van der Waals surface area contributed by atoms with Crippen LogP contribution in [0.4, 0.5) is 5.82 Å². The molecule has 182 valence electrons. The van der Waals surface area contributed by atoms with Gasteiger partial charge in [-0.15, -0.1) is 0 Å². The molecule has 1 atom stereocenters. The highest BCUT2D eigenvalue weighted by Crippen LogP contribution is 2.26. The number of Topliss-reactive ketones (excluding diaryl/α,β-unsaturated/α-hetero) is 1. The van der Waals surface area contributed by atoms with Crippen molar-refractivity contribution in [2.45, 2.75) is 12.5 Å². The van der Waals surface area contributed by atoms with Gasteiger partial charge in [-0.05, 0) is 48.9 Å². The molecule has 0 aliphatic carbocycles. The summed E-state index contributed by atoms with van der Waals surface area (Å²) in [4.78, 5) is 26.5. The third kappa shape index (κ3) is 5.15. The summed E-state index contributed by atoms with van der Waals surface area (Å²) in [5.74, 6) is 0.957. The maximum absolute atomic E-state index is 13.8. The molecule has 7 nitrogen and oxygen atoms in total. The number of rotatable bonds is 8. The minimum Gasteiger partial charge on any atom is -0.354 e. The molecule has 1 fully saturated rings. The Kier molecular flexibility index (Phi) is 7.08. The van der Waals surface area contributed by atoms with Crippen LogP contribution >= 0.6 is 0 Å². The number of anilines is 1. The summed E-state index contributed by atoms with van der Waals surface area (Å²) in [6.07, 6.45) is 2.54. The van der Waals surface area contributed by atoms with Crippen molar-refractivity contribution in [2.24, 2.45) is 0 Å². The first-order chi connectivity index (χ1) is 17.6. The van der Waals surface area contributed by atoms with Gasteiger partial charge < -0.3 is 20.1 Å². The average molecular weight is 479 g/mol. The smallest absolute Gasteiger partial charge is 0.186 e. The van der Waals surface area contributed by atoms with Crippen LogP contribution in [0.25, 0.3) is 11.0 Å². The van der Waals surface area contributed by atoms with Crippen LogP contribution in [0.3, 0.4) is 0 Å². The molecule has 1 saturated heterocycles. The summed E-state index contributed by atoms with van der Waals surface area (Å²) in [7, 11) is 2.14. The molecule has 2 aromatic carbocycles. The highest BCUT2D eigenvalue weighted by atomic mass is 16.1. The van der Waals surface area contributed by atoms with Gasteiger partial charge in [-0.3, -0.25) is 4.79 Å². The van der Waals surface area contributed by atoms with Crippen LogP contribution in [0.2, 0.25) is 0 Å². The molecule has 1 unspecified atom stereocenters. The molecule has 1 aliphatic heterocycles. The number of nitrogens with zero attached hydrogens (tertiary/aromatic N) is 4. The van der Waals surface area contributed by atoms with Crippen molar-refractivity contribution in [1.82, 2.24) is 20.2 Å². The maximum Gasteiger partial charge on any atom is 0.186 e. The van der Waals surface area contributed by atoms with Gasteiger partial charge in [0.2, 0.25) is 0 Å². The second-order valence-electron chi connectivity index (χ2n) is 9.28. The molecule has 5 rings (SSSR count). The minimum atomic E-state index is -0.471. The normalized spacial score (nSPS) is 15.1.